The van der Waals surface area contributed by atoms with E-state index >= 15 is 0 Å². The maximum Gasteiger partial charge on any atom is 0.251 e. The third-order valence-corrected chi connectivity index (χ3v) is 2.51. The Hall–Kier alpha value is -0.830. The highest BCUT2D eigenvalue weighted by molar-refractivity contribution is 9.08. The largest absolute Gasteiger partial charge is 0.347 e. The number of hydrogen-bond donors (Lipinski definition) is 1. The molecule has 0 spiro atoms. The fraction of sp³-hybridized carbons (Fsp3) is 0.417. The van der Waals surface area contributed by atoms with Crippen LogP contribution in [0.25, 0.3) is 0 Å². The molecule has 0 unspecified atom stereocenters. The lowest BCUT2D eigenvalue weighted by atomic mass is 10.1. The Morgan fingerprint density at radius 3 is 2.20 bits per heavy atom. The minimum atomic E-state index is -0.189. The van der Waals surface area contributed by atoms with Crippen LogP contribution in [0.5, 0.6) is 0 Å². The summed E-state index contributed by atoms with van der Waals surface area (Å²) in [4.78, 5) is 11.7. The van der Waals surface area contributed by atoms with Gasteiger partial charge in [0, 0.05) is 16.4 Å². The number of hydrogen-bond acceptors (Lipinski definition) is 1. The first kappa shape index (κ1) is 12.2. The number of rotatable bonds is 2. The van der Waals surface area contributed by atoms with Crippen LogP contribution in [0.2, 0.25) is 0 Å². The van der Waals surface area contributed by atoms with Gasteiger partial charge in [-0.2, -0.15) is 0 Å². The first-order valence-electron chi connectivity index (χ1n) is 4.90. The van der Waals surface area contributed by atoms with E-state index in [9.17, 15) is 4.79 Å². The van der Waals surface area contributed by atoms with E-state index in [1.807, 2.05) is 45.0 Å². The SMILES string of the molecule is CC(C)(C)NC(=O)c1ccc(CBr)cc1. The van der Waals surface area contributed by atoms with Crippen LogP contribution in [0, 0.1) is 0 Å². The Morgan fingerprint density at radius 1 is 1.27 bits per heavy atom. The van der Waals surface area contributed by atoms with E-state index in [0.717, 1.165) is 5.33 Å². The molecule has 0 atom stereocenters. The summed E-state index contributed by atoms with van der Waals surface area (Å²) in [5, 5.41) is 3.74. The van der Waals surface area contributed by atoms with E-state index in [1.54, 1.807) is 0 Å². The molecule has 0 saturated heterocycles. The van der Waals surface area contributed by atoms with E-state index < -0.39 is 0 Å². The van der Waals surface area contributed by atoms with E-state index in [4.69, 9.17) is 0 Å². The van der Waals surface area contributed by atoms with Gasteiger partial charge in [0.25, 0.3) is 5.91 Å². The molecule has 0 aliphatic carbocycles. The molecule has 0 radical (unpaired) electrons. The maximum atomic E-state index is 11.7. The number of nitrogens with one attached hydrogen (secondary N) is 1. The van der Waals surface area contributed by atoms with Gasteiger partial charge in [-0.3, -0.25) is 4.79 Å². The number of benzene rings is 1. The second-order valence-corrected chi connectivity index (χ2v) is 5.10. The average Bonchev–Trinajstić information content (AvgIpc) is 2.15. The minimum absolute atomic E-state index is 0.0244. The van der Waals surface area contributed by atoms with Crippen molar-refractivity contribution in [1.82, 2.24) is 5.32 Å². The second kappa shape index (κ2) is 4.79. The zero-order valence-corrected chi connectivity index (χ0v) is 10.9. The second-order valence-electron chi connectivity index (χ2n) is 4.53. The highest BCUT2D eigenvalue weighted by atomic mass is 79.9. The minimum Gasteiger partial charge on any atom is -0.347 e. The molecule has 0 fully saturated rings. The summed E-state index contributed by atoms with van der Waals surface area (Å²) in [6, 6.07) is 7.59. The van der Waals surface area contributed by atoms with Crippen LogP contribution in [-0.2, 0) is 5.33 Å². The number of carbonyl (C=O) groups excluding carboxylic acids is 1. The summed E-state index contributed by atoms with van der Waals surface area (Å²) in [5.41, 5.74) is 1.68. The Kier molecular flexibility index (Phi) is 3.91. The molecule has 0 aliphatic rings. The highest BCUT2D eigenvalue weighted by Gasteiger charge is 2.14. The third kappa shape index (κ3) is 4.04. The maximum absolute atomic E-state index is 11.7. The topological polar surface area (TPSA) is 29.1 Å². The van der Waals surface area contributed by atoms with E-state index in [1.165, 1.54) is 5.56 Å². The van der Waals surface area contributed by atoms with Gasteiger partial charge in [0.15, 0.2) is 0 Å². The third-order valence-electron chi connectivity index (χ3n) is 1.86. The van der Waals surface area contributed by atoms with Crippen LogP contribution in [0.4, 0.5) is 0 Å². The van der Waals surface area contributed by atoms with Crippen LogP contribution in [0.15, 0.2) is 24.3 Å². The molecular formula is C12H16BrNO. The molecular weight excluding hydrogens is 254 g/mol. The molecule has 0 aromatic heterocycles. The highest BCUT2D eigenvalue weighted by Crippen LogP contribution is 2.09. The van der Waals surface area contributed by atoms with E-state index in [0.29, 0.717) is 5.56 Å². The van der Waals surface area contributed by atoms with Crippen molar-refractivity contribution in [2.24, 2.45) is 0 Å². The molecule has 0 heterocycles. The molecule has 0 aliphatic heterocycles. The predicted octanol–water partition coefficient (Wildman–Crippen LogP) is 3.11. The summed E-state index contributed by atoms with van der Waals surface area (Å²) in [7, 11) is 0. The van der Waals surface area contributed by atoms with E-state index in [2.05, 4.69) is 21.2 Å². The van der Waals surface area contributed by atoms with Gasteiger partial charge in [0.05, 0.1) is 0 Å². The van der Waals surface area contributed by atoms with Crippen molar-refractivity contribution in [3.8, 4) is 0 Å². The number of carbonyl (C=O) groups is 1. The van der Waals surface area contributed by atoms with Gasteiger partial charge in [-0.25, -0.2) is 0 Å². The van der Waals surface area contributed by atoms with Crippen molar-refractivity contribution >= 4 is 21.8 Å². The van der Waals surface area contributed by atoms with Crippen LogP contribution < -0.4 is 5.32 Å². The van der Waals surface area contributed by atoms with Gasteiger partial charge in [-0.05, 0) is 38.5 Å². The summed E-state index contributed by atoms with van der Waals surface area (Å²) in [5.74, 6) is -0.0244. The molecule has 1 aromatic rings. The Bertz CT molecular complexity index is 338. The lowest BCUT2D eigenvalue weighted by molar-refractivity contribution is 0.0919. The van der Waals surface area contributed by atoms with Crippen molar-refractivity contribution in [2.45, 2.75) is 31.6 Å². The lowest BCUT2D eigenvalue weighted by Gasteiger charge is -2.20. The first-order chi connectivity index (χ1) is 6.92. The first-order valence-corrected chi connectivity index (χ1v) is 6.02. The van der Waals surface area contributed by atoms with Gasteiger partial charge < -0.3 is 5.32 Å². The molecule has 0 saturated carbocycles. The zero-order chi connectivity index (χ0) is 11.5. The monoisotopic (exact) mass is 269 g/mol. The lowest BCUT2D eigenvalue weighted by Crippen LogP contribution is -2.40. The van der Waals surface area contributed by atoms with Gasteiger partial charge in [0.2, 0.25) is 0 Å². The fourth-order valence-corrected chi connectivity index (χ4v) is 1.53. The normalized spacial score (nSPS) is 11.2. The molecule has 1 rings (SSSR count). The Morgan fingerprint density at radius 2 is 1.80 bits per heavy atom. The smallest absolute Gasteiger partial charge is 0.251 e. The average molecular weight is 270 g/mol. The zero-order valence-electron chi connectivity index (χ0n) is 9.30. The van der Waals surface area contributed by atoms with Crippen molar-refractivity contribution < 1.29 is 4.79 Å². The van der Waals surface area contributed by atoms with Crippen molar-refractivity contribution in [1.29, 1.82) is 0 Å². The quantitative estimate of drug-likeness (QED) is 0.822. The van der Waals surface area contributed by atoms with Crippen molar-refractivity contribution in [3.63, 3.8) is 0 Å². The Labute approximate surface area is 99.2 Å². The van der Waals surface area contributed by atoms with Gasteiger partial charge in [-0.1, -0.05) is 28.1 Å². The Balaban J connectivity index is 2.75. The summed E-state index contributed by atoms with van der Waals surface area (Å²) >= 11 is 3.37. The van der Waals surface area contributed by atoms with Crippen LogP contribution in [-0.4, -0.2) is 11.4 Å². The standard InChI is InChI=1S/C12H16BrNO/c1-12(2,3)14-11(15)10-6-4-9(8-13)5-7-10/h4-7H,8H2,1-3H3,(H,14,15). The van der Waals surface area contributed by atoms with Crippen molar-refractivity contribution in [3.05, 3.63) is 35.4 Å². The van der Waals surface area contributed by atoms with Crippen LogP contribution >= 0.6 is 15.9 Å². The predicted molar refractivity (Wildman–Crippen MR) is 66.3 cm³/mol. The van der Waals surface area contributed by atoms with Gasteiger partial charge in [-0.15, -0.1) is 0 Å². The molecule has 2 nitrogen and oxygen atoms in total. The number of amides is 1. The molecule has 1 aromatic carbocycles. The molecule has 82 valence electrons. The summed E-state index contributed by atoms with van der Waals surface area (Å²) < 4.78 is 0. The van der Waals surface area contributed by atoms with Gasteiger partial charge >= 0.3 is 0 Å². The molecule has 15 heavy (non-hydrogen) atoms. The fourth-order valence-electron chi connectivity index (χ4n) is 1.16. The molecule has 3 heteroatoms. The number of alkyl halides is 1. The summed E-state index contributed by atoms with van der Waals surface area (Å²) in [6.45, 7) is 5.91. The van der Waals surface area contributed by atoms with E-state index in [-0.39, 0.29) is 11.4 Å². The van der Waals surface area contributed by atoms with Gasteiger partial charge in [0.1, 0.15) is 0 Å². The van der Waals surface area contributed by atoms with Crippen LogP contribution in [0.3, 0.4) is 0 Å². The van der Waals surface area contributed by atoms with Crippen LogP contribution in [0.1, 0.15) is 36.7 Å². The molecule has 0 bridgehead atoms. The summed E-state index contributed by atoms with van der Waals surface area (Å²) in [6.07, 6.45) is 0. The number of halogens is 1. The molecule has 1 N–H and O–H groups in total. The molecule has 1 amide bonds. The van der Waals surface area contributed by atoms with Crippen molar-refractivity contribution in [2.75, 3.05) is 0 Å².